The first-order valence-corrected chi connectivity index (χ1v) is 15.4. The maximum Gasteiger partial charge on any atom is 0.0562 e. The van der Waals surface area contributed by atoms with E-state index in [1.54, 1.807) is 0 Å². The molecule has 0 spiro atoms. The Balaban J connectivity index is 1.37. The first-order chi connectivity index (χ1) is 21.3. The van der Waals surface area contributed by atoms with Crippen LogP contribution in [0.4, 0.5) is 17.1 Å². The summed E-state index contributed by atoms with van der Waals surface area (Å²) >= 11 is 1.87. The first-order valence-electron chi connectivity index (χ1n) is 14.6. The molecule has 0 unspecified atom stereocenters. The van der Waals surface area contributed by atoms with Crippen LogP contribution >= 0.6 is 11.3 Å². The minimum absolute atomic E-state index is 1.13. The number of hydrogen-bond acceptors (Lipinski definition) is 2. The third-order valence-corrected chi connectivity index (χ3v) is 9.68. The standard InChI is InChI=1S/C40H26N2S/c1-3-12-28(13-4-1)41(30-24-22-27-23-25-38-39(33(27)26-30)32-17-8-10-21-37(32)43-38)35-19-11-20-36-40(35)31-16-7-9-18-34(31)42(36)29-14-5-2-6-15-29/h1-26H. The fourth-order valence-corrected chi connectivity index (χ4v) is 7.84. The van der Waals surface area contributed by atoms with E-state index in [1.165, 1.54) is 52.8 Å². The van der Waals surface area contributed by atoms with Gasteiger partial charge < -0.3 is 9.47 Å². The molecule has 0 aliphatic rings. The van der Waals surface area contributed by atoms with Gasteiger partial charge in [0.05, 0.1) is 16.7 Å². The molecule has 9 aromatic rings. The smallest absolute Gasteiger partial charge is 0.0562 e. The molecule has 0 N–H and O–H groups in total. The largest absolute Gasteiger partial charge is 0.310 e. The Labute approximate surface area is 253 Å². The van der Waals surface area contributed by atoms with Crippen LogP contribution in [0.2, 0.25) is 0 Å². The van der Waals surface area contributed by atoms with Crippen LogP contribution in [0, 0.1) is 0 Å². The number of nitrogens with zero attached hydrogens (tertiary/aromatic N) is 2. The second kappa shape index (κ2) is 9.59. The van der Waals surface area contributed by atoms with Crippen LogP contribution in [0.25, 0.3) is 58.4 Å². The average Bonchev–Trinajstić information content (AvgIpc) is 3.62. The lowest BCUT2D eigenvalue weighted by Gasteiger charge is -2.27. The molecule has 2 heterocycles. The van der Waals surface area contributed by atoms with Crippen molar-refractivity contribution < 1.29 is 0 Å². The van der Waals surface area contributed by atoms with Crippen molar-refractivity contribution in [3.63, 3.8) is 0 Å². The molecule has 0 atom stereocenters. The van der Waals surface area contributed by atoms with Crippen molar-refractivity contribution in [3.05, 3.63) is 158 Å². The summed E-state index contributed by atoms with van der Waals surface area (Å²) in [6.45, 7) is 0. The van der Waals surface area contributed by atoms with Crippen molar-refractivity contribution in [2.24, 2.45) is 0 Å². The first kappa shape index (κ1) is 24.2. The van der Waals surface area contributed by atoms with Crippen molar-refractivity contribution in [3.8, 4) is 5.69 Å². The number of benzene rings is 7. The van der Waals surface area contributed by atoms with Crippen molar-refractivity contribution >= 4 is 81.1 Å². The number of fused-ring (bicyclic) bond motifs is 8. The van der Waals surface area contributed by atoms with Gasteiger partial charge in [-0.25, -0.2) is 0 Å². The molecule has 2 aromatic heterocycles. The Kier molecular flexibility index (Phi) is 5.40. The molecule has 7 aromatic carbocycles. The second-order valence-electron chi connectivity index (χ2n) is 11.0. The van der Waals surface area contributed by atoms with E-state index in [1.807, 2.05) is 11.3 Å². The van der Waals surface area contributed by atoms with E-state index in [9.17, 15) is 0 Å². The highest BCUT2D eigenvalue weighted by atomic mass is 32.1. The van der Waals surface area contributed by atoms with E-state index >= 15 is 0 Å². The Bertz CT molecular complexity index is 2450. The summed E-state index contributed by atoms with van der Waals surface area (Å²) < 4.78 is 5.04. The lowest BCUT2D eigenvalue weighted by atomic mass is 10.0. The van der Waals surface area contributed by atoms with Crippen molar-refractivity contribution in [1.82, 2.24) is 4.57 Å². The van der Waals surface area contributed by atoms with Crippen LogP contribution in [0.1, 0.15) is 0 Å². The van der Waals surface area contributed by atoms with Gasteiger partial charge in [0.25, 0.3) is 0 Å². The van der Waals surface area contributed by atoms with Crippen LogP contribution in [-0.4, -0.2) is 4.57 Å². The molecule has 0 amide bonds. The van der Waals surface area contributed by atoms with Gasteiger partial charge in [0.1, 0.15) is 0 Å². The van der Waals surface area contributed by atoms with Crippen LogP contribution in [0.3, 0.4) is 0 Å². The maximum absolute atomic E-state index is 2.43. The van der Waals surface area contributed by atoms with Gasteiger partial charge in [0, 0.05) is 48.0 Å². The number of anilines is 3. The van der Waals surface area contributed by atoms with Gasteiger partial charge in [0.2, 0.25) is 0 Å². The van der Waals surface area contributed by atoms with Crippen molar-refractivity contribution in [2.75, 3.05) is 4.90 Å². The Morgan fingerprint density at radius 1 is 0.442 bits per heavy atom. The van der Waals surface area contributed by atoms with Gasteiger partial charge in [-0.05, 0) is 77.5 Å². The van der Waals surface area contributed by atoms with E-state index < -0.39 is 0 Å². The van der Waals surface area contributed by atoms with Gasteiger partial charge in [-0.1, -0.05) is 91.0 Å². The number of rotatable bonds is 4. The Morgan fingerprint density at radius 3 is 2.00 bits per heavy atom. The summed E-state index contributed by atoms with van der Waals surface area (Å²) in [6, 6.07) is 57.1. The molecule has 0 fully saturated rings. The summed E-state index contributed by atoms with van der Waals surface area (Å²) in [5.41, 5.74) is 7.00. The van der Waals surface area contributed by atoms with Crippen LogP contribution in [0.5, 0.6) is 0 Å². The van der Waals surface area contributed by atoms with Gasteiger partial charge in [-0.2, -0.15) is 0 Å². The minimum Gasteiger partial charge on any atom is -0.310 e. The van der Waals surface area contributed by atoms with Gasteiger partial charge in [-0.3, -0.25) is 0 Å². The molecule has 9 rings (SSSR count). The van der Waals surface area contributed by atoms with Gasteiger partial charge in [-0.15, -0.1) is 11.3 Å². The molecule has 0 aliphatic carbocycles. The summed E-state index contributed by atoms with van der Waals surface area (Å²) in [6.07, 6.45) is 0. The van der Waals surface area contributed by atoms with E-state index in [0.717, 1.165) is 22.7 Å². The summed E-state index contributed by atoms with van der Waals surface area (Å²) in [4.78, 5) is 2.43. The van der Waals surface area contributed by atoms with E-state index in [2.05, 4.69) is 167 Å². The van der Waals surface area contributed by atoms with E-state index in [-0.39, 0.29) is 0 Å². The third-order valence-electron chi connectivity index (χ3n) is 8.55. The number of thiophene rings is 1. The zero-order valence-electron chi connectivity index (χ0n) is 23.3. The van der Waals surface area contributed by atoms with Gasteiger partial charge in [0.15, 0.2) is 0 Å². The highest BCUT2D eigenvalue weighted by Crippen LogP contribution is 2.45. The fraction of sp³-hybridized carbons (Fsp3) is 0. The highest BCUT2D eigenvalue weighted by Gasteiger charge is 2.21. The minimum atomic E-state index is 1.13. The molecule has 0 bridgehead atoms. The molecule has 202 valence electrons. The summed E-state index contributed by atoms with van der Waals surface area (Å²) in [7, 11) is 0. The summed E-state index contributed by atoms with van der Waals surface area (Å²) in [5.74, 6) is 0. The van der Waals surface area contributed by atoms with Gasteiger partial charge >= 0.3 is 0 Å². The predicted octanol–water partition coefficient (Wildman–Crippen LogP) is 11.8. The summed E-state index contributed by atoms with van der Waals surface area (Å²) in [5, 5.41) is 7.69. The zero-order valence-corrected chi connectivity index (χ0v) is 24.1. The second-order valence-corrected chi connectivity index (χ2v) is 12.1. The highest BCUT2D eigenvalue weighted by molar-refractivity contribution is 7.26. The van der Waals surface area contributed by atoms with Crippen molar-refractivity contribution in [2.45, 2.75) is 0 Å². The monoisotopic (exact) mass is 566 g/mol. The SMILES string of the molecule is c1ccc(N(c2ccc3ccc4sc5ccccc5c4c3c2)c2cccc3c2c2ccccc2n3-c2ccccc2)cc1. The quantitative estimate of drug-likeness (QED) is 0.206. The molecule has 2 nitrogen and oxygen atoms in total. The molecule has 0 saturated heterocycles. The predicted molar refractivity (Wildman–Crippen MR) is 186 cm³/mol. The lowest BCUT2D eigenvalue weighted by Crippen LogP contribution is -2.10. The Hall–Kier alpha value is -5.38. The molecule has 0 saturated carbocycles. The topological polar surface area (TPSA) is 8.17 Å². The number of hydrogen-bond donors (Lipinski definition) is 0. The molecular formula is C40H26N2S. The molecule has 3 heteroatoms. The number of para-hydroxylation sites is 3. The molecule has 0 radical (unpaired) electrons. The maximum atomic E-state index is 2.43. The van der Waals surface area contributed by atoms with Crippen LogP contribution in [0.15, 0.2) is 158 Å². The normalized spacial score (nSPS) is 11.7. The molecular weight excluding hydrogens is 541 g/mol. The fourth-order valence-electron chi connectivity index (χ4n) is 6.72. The Morgan fingerprint density at radius 2 is 1.14 bits per heavy atom. The molecule has 43 heavy (non-hydrogen) atoms. The van der Waals surface area contributed by atoms with E-state index in [0.29, 0.717) is 0 Å². The van der Waals surface area contributed by atoms with Crippen LogP contribution in [-0.2, 0) is 0 Å². The van der Waals surface area contributed by atoms with Crippen molar-refractivity contribution in [1.29, 1.82) is 0 Å². The number of aromatic nitrogens is 1. The van der Waals surface area contributed by atoms with Crippen LogP contribution < -0.4 is 4.90 Å². The zero-order chi connectivity index (χ0) is 28.3. The average molecular weight is 567 g/mol. The molecule has 0 aliphatic heterocycles. The van der Waals surface area contributed by atoms with E-state index in [4.69, 9.17) is 0 Å². The third kappa shape index (κ3) is 3.72. The lowest BCUT2D eigenvalue weighted by molar-refractivity contribution is 1.18.